The summed E-state index contributed by atoms with van der Waals surface area (Å²) in [4.78, 5) is 32.7. The minimum atomic E-state index is -1.32. The standard InChI is InChI=1S/C47H67N3O9/c1-5-7-8-9-10-11-12-13-14-24-44(53)49(3)43-33-41(48-56-4)39-30-34(20-15-17-27-51)38(23-16-18-28-52)45-40-32-37(58-36-22-19-21-35(31-36)50(54)55)25-26-42(40)59-47(43,46(39)45)57-29-6-2/h6,19,21-22,25-26,30-32,34,38,43,45-46,51-52H,2,5,7-18,20,23-24,27-29,33H2,1,3-4H3/t34-,38+,43-,45+,46+,47+/m0/s1. The molecule has 2 N–H and O–H groups in total. The number of nitrogens with zero attached hydrogens (tertiary/aromatic N) is 3. The Morgan fingerprint density at radius 2 is 1.68 bits per heavy atom. The van der Waals surface area contributed by atoms with Gasteiger partial charge in [0, 0.05) is 50.7 Å². The molecule has 12 heteroatoms. The Balaban J connectivity index is 1.58. The molecular weight excluding hydrogens is 751 g/mol. The summed E-state index contributed by atoms with van der Waals surface area (Å²) in [7, 11) is 3.39. The zero-order valence-corrected chi connectivity index (χ0v) is 35.5. The van der Waals surface area contributed by atoms with E-state index in [2.05, 4.69) is 24.7 Å². The van der Waals surface area contributed by atoms with E-state index in [4.69, 9.17) is 19.0 Å². The molecule has 2 aromatic carbocycles. The predicted octanol–water partition coefficient (Wildman–Crippen LogP) is 10.0. The van der Waals surface area contributed by atoms with Crippen LogP contribution in [0.2, 0.25) is 0 Å². The Hall–Kier alpha value is -4.26. The van der Waals surface area contributed by atoms with Crippen molar-refractivity contribution in [3.05, 3.63) is 82.4 Å². The molecule has 0 unspecified atom stereocenters. The Morgan fingerprint density at radius 1 is 0.983 bits per heavy atom. The van der Waals surface area contributed by atoms with E-state index in [0.29, 0.717) is 42.9 Å². The Bertz CT molecular complexity index is 1750. The summed E-state index contributed by atoms with van der Waals surface area (Å²) in [5, 5.41) is 35.9. The van der Waals surface area contributed by atoms with Gasteiger partial charge >= 0.3 is 0 Å². The Morgan fingerprint density at radius 3 is 2.36 bits per heavy atom. The first-order valence-electron chi connectivity index (χ1n) is 22.0. The van der Waals surface area contributed by atoms with E-state index in [1.807, 2.05) is 24.1 Å². The van der Waals surface area contributed by atoms with Gasteiger partial charge in [0.1, 0.15) is 30.4 Å². The first-order chi connectivity index (χ1) is 28.7. The fourth-order valence-corrected chi connectivity index (χ4v) is 9.64. The number of carbonyl (C=O) groups excluding carboxylic acids is 1. The molecule has 59 heavy (non-hydrogen) atoms. The number of aliphatic hydroxyl groups excluding tert-OH is 2. The molecule has 1 saturated carbocycles. The van der Waals surface area contributed by atoms with Gasteiger partial charge in [-0.15, -0.1) is 6.58 Å². The zero-order valence-electron chi connectivity index (χ0n) is 35.5. The van der Waals surface area contributed by atoms with Gasteiger partial charge in [-0.2, -0.15) is 0 Å². The lowest BCUT2D eigenvalue weighted by atomic mass is 9.55. The van der Waals surface area contributed by atoms with Crippen LogP contribution in [0.25, 0.3) is 0 Å². The smallest absolute Gasteiger partial charge is 0.273 e. The van der Waals surface area contributed by atoms with E-state index in [1.165, 1.54) is 57.8 Å². The normalized spacial score (nSPS) is 23.7. The highest BCUT2D eigenvalue weighted by Crippen LogP contribution is 2.62. The molecule has 5 rings (SSSR count). The largest absolute Gasteiger partial charge is 0.459 e. The maximum absolute atomic E-state index is 14.2. The van der Waals surface area contributed by atoms with Gasteiger partial charge < -0.3 is 34.2 Å². The molecule has 3 aliphatic rings. The third kappa shape index (κ3) is 11.3. The number of unbranched alkanes of at least 4 members (excludes halogenated alkanes) is 10. The summed E-state index contributed by atoms with van der Waals surface area (Å²) < 4.78 is 20.5. The van der Waals surface area contributed by atoms with Crippen molar-refractivity contribution in [2.24, 2.45) is 22.9 Å². The number of rotatable bonds is 26. The average molecular weight is 818 g/mol. The van der Waals surface area contributed by atoms with E-state index in [1.54, 1.807) is 24.3 Å². The zero-order chi connectivity index (χ0) is 42.2. The van der Waals surface area contributed by atoms with Crippen molar-refractivity contribution < 1.29 is 39.0 Å². The van der Waals surface area contributed by atoms with Crippen LogP contribution in [0.4, 0.5) is 5.69 Å². The molecule has 1 heterocycles. The highest BCUT2D eigenvalue weighted by atomic mass is 16.7. The van der Waals surface area contributed by atoms with Crippen molar-refractivity contribution in [2.45, 2.75) is 134 Å². The molecule has 1 fully saturated rings. The maximum atomic E-state index is 14.2. The second-order valence-corrected chi connectivity index (χ2v) is 16.4. The van der Waals surface area contributed by atoms with Crippen molar-refractivity contribution >= 4 is 17.3 Å². The fraction of sp³-hybridized carbons (Fsp3) is 0.617. The van der Waals surface area contributed by atoms with Gasteiger partial charge in [0.05, 0.1) is 29.2 Å². The molecule has 1 amide bonds. The first kappa shape index (κ1) is 45.8. The number of hydrogen-bond donors (Lipinski definition) is 2. The maximum Gasteiger partial charge on any atom is 0.273 e. The molecule has 0 radical (unpaired) electrons. The Kier molecular flexibility index (Phi) is 17.8. The minimum absolute atomic E-state index is 0.0209. The number of likely N-dealkylation sites (N-methyl/N-ethyl adjacent to an activating group) is 1. The summed E-state index contributed by atoms with van der Waals surface area (Å²) in [5.41, 5.74) is 2.54. The number of nitro benzene ring substituents is 1. The van der Waals surface area contributed by atoms with Crippen LogP contribution >= 0.6 is 0 Å². The van der Waals surface area contributed by atoms with Crippen molar-refractivity contribution in [3.63, 3.8) is 0 Å². The molecule has 1 aliphatic heterocycles. The molecule has 0 saturated heterocycles. The van der Waals surface area contributed by atoms with E-state index < -0.39 is 22.7 Å². The highest BCUT2D eigenvalue weighted by Gasteiger charge is 2.65. The number of nitro groups is 1. The summed E-state index contributed by atoms with van der Waals surface area (Å²) >= 11 is 0. The molecule has 324 valence electrons. The molecule has 2 aromatic rings. The SMILES string of the molecule is C=CCO[C@@]12Oc3ccc(Oc4cccc([N+](=O)[O-])c4)cc3[C@H]3[C@H](CCCCO)[C@@H](CCCCO)C=C(C(=NOC)C[C@@H]1N(C)C(=O)CCCCCCCCCCC)[C@H]32. The number of fused-ring (bicyclic) bond motifs is 2. The number of benzene rings is 2. The number of oxime groups is 1. The minimum Gasteiger partial charge on any atom is -0.459 e. The van der Waals surface area contributed by atoms with Gasteiger partial charge in [-0.3, -0.25) is 14.9 Å². The lowest BCUT2D eigenvalue weighted by Crippen LogP contribution is -2.69. The second kappa shape index (κ2) is 22.9. The number of hydrogen-bond acceptors (Lipinski definition) is 10. The topological polar surface area (TPSA) is 153 Å². The van der Waals surface area contributed by atoms with E-state index in [-0.39, 0.29) is 49.2 Å². The van der Waals surface area contributed by atoms with Gasteiger partial charge in [-0.1, -0.05) is 94.5 Å². The van der Waals surface area contributed by atoms with Gasteiger partial charge in [0.2, 0.25) is 11.7 Å². The summed E-state index contributed by atoms with van der Waals surface area (Å²) in [5.74, 6) is -0.333. The van der Waals surface area contributed by atoms with Gasteiger partial charge in [-0.05, 0) is 73.8 Å². The van der Waals surface area contributed by atoms with Crippen LogP contribution in [0.5, 0.6) is 17.2 Å². The average Bonchev–Trinajstić information content (AvgIpc) is 3.23. The van der Waals surface area contributed by atoms with Crippen molar-refractivity contribution in [2.75, 3.05) is 34.0 Å². The monoisotopic (exact) mass is 817 g/mol. The predicted molar refractivity (Wildman–Crippen MR) is 230 cm³/mol. The van der Waals surface area contributed by atoms with Crippen molar-refractivity contribution in [3.8, 4) is 17.2 Å². The summed E-state index contributed by atoms with van der Waals surface area (Å²) in [6.45, 7) is 6.60. The highest BCUT2D eigenvalue weighted by molar-refractivity contribution is 6.03. The van der Waals surface area contributed by atoms with Crippen LogP contribution in [-0.2, 0) is 14.4 Å². The molecule has 0 bridgehead atoms. The molecule has 0 aromatic heterocycles. The molecule has 6 atom stereocenters. The van der Waals surface area contributed by atoms with E-state index >= 15 is 0 Å². The van der Waals surface area contributed by atoms with Crippen LogP contribution in [0.15, 0.2) is 71.9 Å². The lowest BCUT2D eigenvalue weighted by Gasteiger charge is -2.59. The Labute approximate surface area is 350 Å². The number of amides is 1. The van der Waals surface area contributed by atoms with Gasteiger partial charge in [-0.25, -0.2) is 0 Å². The van der Waals surface area contributed by atoms with E-state index in [0.717, 1.165) is 61.8 Å². The van der Waals surface area contributed by atoms with E-state index in [9.17, 15) is 25.1 Å². The van der Waals surface area contributed by atoms with Crippen LogP contribution < -0.4 is 9.47 Å². The number of carbonyl (C=O) groups is 1. The van der Waals surface area contributed by atoms with Crippen molar-refractivity contribution in [1.29, 1.82) is 0 Å². The fourth-order valence-electron chi connectivity index (χ4n) is 9.64. The van der Waals surface area contributed by atoms with Crippen LogP contribution in [0, 0.1) is 27.9 Å². The quantitative estimate of drug-likeness (QED) is 0.0409. The van der Waals surface area contributed by atoms with Gasteiger partial charge in [0.25, 0.3) is 5.69 Å². The van der Waals surface area contributed by atoms with Crippen LogP contribution in [-0.4, -0.2) is 77.5 Å². The molecule has 2 aliphatic carbocycles. The molecule has 12 nitrogen and oxygen atoms in total. The van der Waals surface area contributed by atoms with Gasteiger partial charge in [0.15, 0.2) is 0 Å². The number of allylic oxidation sites excluding steroid dienone is 1. The first-order valence-corrected chi connectivity index (χ1v) is 22.0. The van der Waals surface area contributed by atoms with Crippen LogP contribution in [0.1, 0.15) is 128 Å². The lowest BCUT2D eigenvalue weighted by molar-refractivity contribution is -0.384. The number of aliphatic hydroxyl groups is 2. The number of ether oxygens (including phenoxy) is 3. The second-order valence-electron chi connectivity index (χ2n) is 16.4. The van der Waals surface area contributed by atoms with Crippen LogP contribution in [0.3, 0.4) is 0 Å². The number of non-ortho nitro benzene ring substituents is 1. The molecular formula is C47H67N3O9. The third-order valence-electron chi connectivity index (χ3n) is 12.5. The van der Waals surface area contributed by atoms with Crippen molar-refractivity contribution in [1.82, 2.24) is 4.90 Å². The summed E-state index contributed by atoms with van der Waals surface area (Å²) in [6.07, 6.45) is 19.8. The summed E-state index contributed by atoms with van der Waals surface area (Å²) in [6, 6.07) is 11.2. The third-order valence-corrected chi connectivity index (χ3v) is 12.5. The molecule has 0 spiro atoms.